The molecule has 0 fully saturated rings. The van der Waals surface area contributed by atoms with Gasteiger partial charge >= 0.3 is 0 Å². The SMILES string of the molecule is Cc1cccc2c1cnn2CCC(=O)Nc1cc(CN(C)C)[nH]n1. The number of anilines is 1. The minimum atomic E-state index is -0.0748. The zero-order valence-electron chi connectivity index (χ0n) is 14.2. The highest BCUT2D eigenvalue weighted by Crippen LogP contribution is 2.17. The number of nitrogens with zero attached hydrogens (tertiary/aromatic N) is 4. The average Bonchev–Trinajstić information content (AvgIpc) is 3.12. The summed E-state index contributed by atoms with van der Waals surface area (Å²) in [6, 6.07) is 7.94. The number of fused-ring (bicyclic) bond motifs is 1. The number of H-pyrrole nitrogens is 1. The van der Waals surface area contributed by atoms with E-state index in [0.29, 0.717) is 18.8 Å². The summed E-state index contributed by atoms with van der Waals surface area (Å²) in [7, 11) is 3.96. The van der Waals surface area contributed by atoms with Crippen molar-refractivity contribution in [3.05, 3.63) is 41.7 Å². The van der Waals surface area contributed by atoms with Gasteiger partial charge in [0.15, 0.2) is 5.82 Å². The molecule has 2 aromatic heterocycles. The van der Waals surface area contributed by atoms with Crippen LogP contribution in [0.5, 0.6) is 0 Å². The first-order valence-corrected chi connectivity index (χ1v) is 7.93. The van der Waals surface area contributed by atoms with Crippen molar-refractivity contribution in [1.29, 1.82) is 0 Å². The molecule has 0 aliphatic carbocycles. The van der Waals surface area contributed by atoms with E-state index < -0.39 is 0 Å². The van der Waals surface area contributed by atoms with Gasteiger partial charge in [0.2, 0.25) is 5.91 Å². The normalized spacial score (nSPS) is 11.3. The van der Waals surface area contributed by atoms with E-state index in [1.807, 2.05) is 48.1 Å². The summed E-state index contributed by atoms with van der Waals surface area (Å²) in [4.78, 5) is 14.2. The molecule has 2 N–H and O–H groups in total. The number of nitrogens with one attached hydrogen (secondary N) is 2. The van der Waals surface area contributed by atoms with Crippen molar-refractivity contribution < 1.29 is 4.79 Å². The standard InChI is InChI=1S/C17H22N6O/c1-12-5-4-6-15-14(12)10-18-23(15)8-7-17(24)19-16-9-13(20-21-16)11-22(2)3/h4-6,9-10H,7-8,11H2,1-3H3,(H2,19,20,21,24). The molecule has 0 spiro atoms. The highest BCUT2D eigenvalue weighted by Gasteiger charge is 2.09. The maximum atomic E-state index is 12.1. The fraction of sp³-hybridized carbons (Fsp3) is 0.353. The number of carbonyl (C=O) groups is 1. The predicted molar refractivity (Wildman–Crippen MR) is 93.7 cm³/mol. The zero-order valence-corrected chi connectivity index (χ0v) is 14.2. The molecule has 3 rings (SSSR count). The van der Waals surface area contributed by atoms with Crippen molar-refractivity contribution in [1.82, 2.24) is 24.9 Å². The lowest BCUT2D eigenvalue weighted by Gasteiger charge is -2.06. The van der Waals surface area contributed by atoms with Crippen LogP contribution in [0, 0.1) is 6.92 Å². The minimum absolute atomic E-state index is 0.0748. The van der Waals surface area contributed by atoms with Gasteiger partial charge in [-0.3, -0.25) is 14.6 Å². The Balaban J connectivity index is 1.59. The summed E-state index contributed by atoms with van der Waals surface area (Å²) in [6.07, 6.45) is 2.20. The summed E-state index contributed by atoms with van der Waals surface area (Å²) in [5, 5.41) is 15.3. The molecular formula is C17H22N6O. The van der Waals surface area contributed by atoms with E-state index in [1.54, 1.807) is 0 Å². The Kier molecular flexibility index (Phi) is 4.61. The van der Waals surface area contributed by atoms with Crippen LogP contribution in [0.2, 0.25) is 0 Å². The molecule has 0 saturated heterocycles. The van der Waals surface area contributed by atoms with Gasteiger partial charge in [-0.2, -0.15) is 10.2 Å². The average molecular weight is 326 g/mol. The van der Waals surface area contributed by atoms with Gasteiger partial charge in [-0.15, -0.1) is 0 Å². The minimum Gasteiger partial charge on any atom is -0.309 e. The summed E-state index contributed by atoms with van der Waals surface area (Å²) in [6.45, 7) is 3.35. The molecule has 126 valence electrons. The summed E-state index contributed by atoms with van der Waals surface area (Å²) in [5.41, 5.74) is 3.20. The Hall–Kier alpha value is -2.67. The van der Waals surface area contributed by atoms with Crippen molar-refractivity contribution >= 4 is 22.6 Å². The molecule has 7 nitrogen and oxygen atoms in total. The van der Waals surface area contributed by atoms with Crippen LogP contribution >= 0.6 is 0 Å². The van der Waals surface area contributed by atoms with Crippen molar-refractivity contribution in [2.24, 2.45) is 0 Å². The van der Waals surface area contributed by atoms with Crippen molar-refractivity contribution in [2.75, 3.05) is 19.4 Å². The second kappa shape index (κ2) is 6.84. The summed E-state index contributed by atoms with van der Waals surface area (Å²) < 4.78 is 1.87. The Bertz CT molecular complexity index is 848. The molecule has 2 heterocycles. The second-order valence-corrected chi connectivity index (χ2v) is 6.19. The molecular weight excluding hydrogens is 304 g/mol. The van der Waals surface area contributed by atoms with E-state index in [-0.39, 0.29) is 5.91 Å². The lowest BCUT2D eigenvalue weighted by Crippen LogP contribution is -2.15. The van der Waals surface area contributed by atoms with E-state index in [9.17, 15) is 4.79 Å². The first kappa shape index (κ1) is 16.2. The molecule has 0 radical (unpaired) electrons. The first-order chi connectivity index (χ1) is 11.5. The lowest BCUT2D eigenvalue weighted by atomic mass is 10.1. The van der Waals surface area contributed by atoms with Gasteiger partial charge in [-0.1, -0.05) is 12.1 Å². The van der Waals surface area contributed by atoms with Crippen LogP contribution in [-0.4, -0.2) is 44.9 Å². The van der Waals surface area contributed by atoms with Gasteiger partial charge < -0.3 is 10.2 Å². The van der Waals surface area contributed by atoms with E-state index in [0.717, 1.165) is 23.1 Å². The van der Waals surface area contributed by atoms with E-state index >= 15 is 0 Å². The number of benzene rings is 1. The van der Waals surface area contributed by atoms with Gasteiger partial charge in [0, 0.05) is 24.4 Å². The molecule has 0 saturated carbocycles. The van der Waals surface area contributed by atoms with E-state index in [1.165, 1.54) is 5.56 Å². The number of aromatic amines is 1. The van der Waals surface area contributed by atoms with Crippen LogP contribution in [0.1, 0.15) is 17.7 Å². The van der Waals surface area contributed by atoms with E-state index in [4.69, 9.17) is 0 Å². The topological polar surface area (TPSA) is 78.8 Å². The van der Waals surface area contributed by atoms with Crippen LogP contribution in [0.15, 0.2) is 30.5 Å². The number of aryl methyl sites for hydroxylation is 2. The molecule has 7 heteroatoms. The smallest absolute Gasteiger partial charge is 0.227 e. The number of hydrogen-bond acceptors (Lipinski definition) is 4. The number of hydrogen-bond donors (Lipinski definition) is 2. The zero-order chi connectivity index (χ0) is 17.1. The molecule has 0 aliphatic heterocycles. The Morgan fingerprint density at radius 1 is 1.38 bits per heavy atom. The molecule has 1 amide bonds. The first-order valence-electron chi connectivity index (χ1n) is 7.93. The fourth-order valence-electron chi connectivity index (χ4n) is 2.69. The Labute approximate surface area is 140 Å². The largest absolute Gasteiger partial charge is 0.309 e. The second-order valence-electron chi connectivity index (χ2n) is 6.19. The highest BCUT2D eigenvalue weighted by molar-refractivity contribution is 5.90. The molecule has 0 unspecified atom stereocenters. The Morgan fingerprint density at radius 2 is 2.21 bits per heavy atom. The Morgan fingerprint density at radius 3 is 3.00 bits per heavy atom. The molecule has 0 atom stereocenters. The number of rotatable bonds is 6. The lowest BCUT2D eigenvalue weighted by molar-refractivity contribution is -0.116. The maximum Gasteiger partial charge on any atom is 0.227 e. The van der Waals surface area contributed by atoms with Crippen LogP contribution in [0.4, 0.5) is 5.82 Å². The van der Waals surface area contributed by atoms with Crippen molar-refractivity contribution in [3.63, 3.8) is 0 Å². The molecule has 0 aliphatic rings. The third kappa shape index (κ3) is 3.62. The van der Waals surface area contributed by atoms with Crippen LogP contribution in [0.25, 0.3) is 10.9 Å². The third-order valence-corrected chi connectivity index (χ3v) is 3.84. The number of carbonyl (C=O) groups excluding carboxylic acids is 1. The number of amides is 1. The monoisotopic (exact) mass is 326 g/mol. The molecule has 24 heavy (non-hydrogen) atoms. The molecule has 0 bridgehead atoms. The van der Waals surface area contributed by atoms with Crippen LogP contribution in [0.3, 0.4) is 0 Å². The van der Waals surface area contributed by atoms with Crippen LogP contribution in [-0.2, 0) is 17.9 Å². The van der Waals surface area contributed by atoms with Crippen LogP contribution < -0.4 is 5.32 Å². The third-order valence-electron chi connectivity index (χ3n) is 3.84. The quantitative estimate of drug-likeness (QED) is 0.727. The van der Waals surface area contributed by atoms with Crippen molar-refractivity contribution in [3.8, 4) is 0 Å². The maximum absolute atomic E-state index is 12.1. The predicted octanol–water partition coefficient (Wildman–Crippen LogP) is 2.16. The van der Waals surface area contributed by atoms with Crippen molar-refractivity contribution in [2.45, 2.75) is 26.4 Å². The van der Waals surface area contributed by atoms with E-state index in [2.05, 4.69) is 33.6 Å². The fourth-order valence-corrected chi connectivity index (χ4v) is 2.69. The summed E-state index contributed by atoms with van der Waals surface area (Å²) >= 11 is 0. The van der Waals surface area contributed by atoms with Gasteiger partial charge in [-0.05, 0) is 32.6 Å². The molecule has 1 aromatic carbocycles. The number of aromatic nitrogens is 4. The van der Waals surface area contributed by atoms with Gasteiger partial charge in [0.25, 0.3) is 0 Å². The highest BCUT2D eigenvalue weighted by atomic mass is 16.1. The van der Waals surface area contributed by atoms with Gasteiger partial charge in [0.05, 0.1) is 24.0 Å². The summed E-state index contributed by atoms with van der Waals surface area (Å²) in [5.74, 6) is 0.479. The molecule has 3 aromatic rings. The van der Waals surface area contributed by atoms with Gasteiger partial charge in [-0.25, -0.2) is 0 Å². The van der Waals surface area contributed by atoms with Gasteiger partial charge in [0.1, 0.15) is 0 Å².